The van der Waals surface area contributed by atoms with Crippen LogP contribution in [0.4, 0.5) is 0 Å². The standard InChI is InChI=1S/C14H20N2O2S/c1-11(19(2)18)8-9-16-10-15-13(14(16)17)12-6-4-3-5-7-12/h3-7,11,13,15H,8-10H2,1-2H3. The van der Waals surface area contributed by atoms with E-state index in [1.807, 2.05) is 37.3 Å². The van der Waals surface area contributed by atoms with Crippen LogP contribution in [0.15, 0.2) is 30.3 Å². The van der Waals surface area contributed by atoms with E-state index in [-0.39, 0.29) is 17.2 Å². The molecule has 1 fully saturated rings. The summed E-state index contributed by atoms with van der Waals surface area (Å²) in [5.74, 6) is 0.111. The van der Waals surface area contributed by atoms with E-state index in [1.54, 1.807) is 11.2 Å². The van der Waals surface area contributed by atoms with E-state index in [0.29, 0.717) is 13.2 Å². The SMILES string of the molecule is CC(CCN1CNC(c2ccccc2)C1=O)S(C)=O. The van der Waals surface area contributed by atoms with Gasteiger partial charge >= 0.3 is 0 Å². The molecule has 5 heteroatoms. The normalized spacial score (nSPS) is 22.5. The highest BCUT2D eigenvalue weighted by atomic mass is 32.2. The Kier molecular flexibility index (Phi) is 4.71. The highest BCUT2D eigenvalue weighted by molar-refractivity contribution is 7.84. The van der Waals surface area contributed by atoms with Crippen LogP contribution < -0.4 is 5.32 Å². The first-order chi connectivity index (χ1) is 9.09. The van der Waals surface area contributed by atoms with Crippen LogP contribution in [0.25, 0.3) is 0 Å². The molecule has 3 atom stereocenters. The summed E-state index contributed by atoms with van der Waals surface area (Å²) in [5, 5.41) is 3.35. The number of amides is 1. The second kappa shape index (κ2) is 6.30. The largest absolute Gasteiger partial charge is 0.328 e. The monoisotopic (exact) mass is 280 g/mol. The van der Waals surface area contributed by atoms with Crippen molar-refractivity contribution in [2.45, 2.75) is 24.6 Å². The molecule has 4 nitrogen and oxygen atoms in total. The van der Waals surface area contributed by atoms with Gasteiger partial charge in [0.2, 0.25) is 5.91 Å². The van der Waals surface area contributed by atoms with Crippen molar-refractivity contribution in [1.82, 2.24) is 10.2 Å². The molecule has 1 heterocycles. The molecule has 0 aromatic heterocycles. The second-order valence-corrected chi connectivity index (χ2v) is 6.71. The molecule has 2 rings (SSSR count). The third kappa shape index (κ3) is 3.42. The summed E-state index contributed by atoms with van der Waals surface area (Å²) in [6.07, 6.45) is 2.49. The molecule has 1 saturated heterocycles. The third-order valence-corrected chi connectivity index (χ3v) is 4.92. The zero-order valence-corrected chi connectivity index (χ0v) is 12.2. The van der Waals surface area contributed by atoms with Gasteiger partial charge in [0.25, 0.3) is 0 Å². The van der Waals surface area contributed by atoms with E-state index in [2.05, 4.69) is 5.32 Å². The van der Waals surface area contributed by atoms with Gasteiger partial charge in [0.1, 0.15) is 6.04 Å². The summed E-state index contributed by atoms with van der Waals surface area (Å²) in [6, 6.07) is 9.51. The van der Waals surface area contributed by atoms with E-state index in [0.717, 1.165) is 12.0 Å². The van der Waals surface area contributed by atoms with Crippen molar-refractivity contribution in [3.05, 3.63) is 35.9 Å². The van der Waals surface area contributed by atoms with Gasteiger partial charge in [-0.25, -0.2) is 0 Å². The maximum Gasteiger partial charge on any atom is 0.245 e. The first kappa shape index (κ1) is 14.2. The van der Waals surface area contributed by atoms with Crippen LogP contribution in [0.1, 0.15) is 24.9 Å². The summed E-state index contributed by atoms with van der Waals surface area (Å²) >= 11 is 0. The van der Waals surface area contributed by atoms with E-state index in [9.17, 15) is 9.00 Å². The third-order valence-electron chi connectivity index (χ3n) is 3.55. The summed E-state index contributed by atoms with van der Waals surface area (Å²) < 4.78 is 11.3. The lowest BCUT2D eigenvalue weighted by Crippen LogP contribution is -2.30. The van der Waals surface area contributed by atoms with Gasteiger partial charge in [-0.2, -0.15) is 0 Å². The van der Waals surface area contributed by atoms with Crippen LogP contribution in [0, 0.1) is 0 Å². The average Bonchev–Trinajstić information content (AvgIpc) is 2.78. The number of nitrogens with one attached hydrogen (secondary N) is 1. The Morgan fingerprint density at radius 3 is 2.74 bits per heavy atom. The Morgan fingerprint density at radius 1 is 1.42 bits per heavy atom. The number of hydrogen-bond donors (Lipinski definition) is 1. The molecular weight excluding hydrogens is 260 g/mol. The Labute approximate surface area is 116 Å². The Morgan fingerprint density at radius 2 is 2.11 bits per heavy atom. The molecule has 1 aromatic carbocycles. The number of nitrogens with zero attached hydrogens (tertiary/aromatic N) is 1. The molecule has 0 bridgehead atoms. The maximum atomic E-state index is 12.3. The molecule has 3 unspecified atom stereocenters. The summed E-state index contributed by atoms with van der Waals surface area (Å²) in [6.45, 7) is 3.19. The van der Waals surface area contributed by atoms with Gasteiger partial charge in [0, 0.05) is 28.9 Å². The zero-order valence-electron chi connectivity index (χ0n) is 11.3. The van der Waals surface area contributed by atoms with Crippen molar-refractivity contribution in [2.75, 3.05) is 19.5 Å². The van der Waals surface area contributed by atoms with E-state index in [4.69, 9.17) is 0 Å². The van der Waals surface area contributed by atoms with E-state index in [1.165, 1.54) is 0 Å². The van der Waals surface area contributed by atoms with Crippen LogP contribution in [0.3, 0.4) is 0 Å². The molecule has 1 N–H and O–H groups in total. The molecule has 0 radical (unpaired) electrons. The maximum absolute atomic E-state index is 12.3. The lowest BCUT2D eigenvalue weighted by molar-refractivity contribution is -0.129. The number of benzene rings is 1. The molecule has 1 amide bonds. The molecule has 1 aliphatic heterocycles. The molecule has 1 aromatic rings. The fourth-order valence-corrected chi connectivity index (χ4v) is 2.59. The predicted octanol–water partition coefficient (Wildman–Crippen LogP) is 1.27. The van der Waals surface area contributed by atoms with Crippen LogP contribution in [0.5, 0.6) is 0 Å². The number of carbonyl (C=O) groups excluding carboxylic acids is 1. The van der Waals surface area contributed by atoms with Gasteiger partial charge in [-0.05, 0) is 12.0 Å². The van der Waals surface area contributed by atoms with Gasteiger partial charge in [-0.15, -0.1) is 0 Å². The van der Waals surface area contributed by atoms with Gasteiger partial charge in [0.05, 0.1) is 6.67 Å². The van der Waals surface area contributed by atoms with Gasteiger partial charge in [-0.1, -0.05) is 37.3 Å². The lowest BCUT2D eigenvalue weighted by atomic mass is 10.1. The predicted molar refractivity (Wildman–Crippen MR) is 77.0 cm³/mol. The first-order valence-electron chi connectivity index (χ1n) is 6.49. The van der Waals surface area contributed by atoms with Crippen LogP contribution >= 0.6 is 0 Å². The first-order valence-corrected chi connectivity index (χ1v) is 8.11. The van der Waals surface area contributed by atoms with Crippen LogP contribution in [0.2, 0.25) is 0 Å². The van der Waals surface area contributed by atoms with Crippen molar-refractivity contribution in [3.63, 3.8) is 0 Å². The quantitative estimate of drug-likeness (QED) is 0.884. The van der Waals surface area contributed by atoms with Crippen molar-refractivity contribution in [1.29, 1.82) is 0 Å². The van der Waals surface area contributed by atoms with Crippen molar-refractivity contribution in [3.8, 4) is 0 Å². The Balaban J connectivity index is 1.93. The summed E-state index contributed by atoms with van der Waals surface area (Å²) in [7, 11) is -0.825. The van der Waals surface area contributed by atoms with Crippen molar-refractivity contribution < 1.29 is 9.00 Å². The molecule has 104 valence electrons. The molecular formula is C14H20N2O2S. The number of hydrogen-bond acceptors (Lipinski definition) is 3. The minimum Gasteiger partial charge on any atom is -0.328 e. The lowest BCUT2D eigenvalue weighted by Gasteiger charge is -2.17. The van der Waals surface area contributed by atoms with E-state index < -0.39 is 10.8 Å². The van der Waals surface area contributed by atoms with E-state index >= 15 is 0 Å². The average molecular weight is 280 g/mol. The molecule has 0 saturated carbocycles. The van der Waals surface area contributed by atoms with Gasteiger partial charge in [0.15, 0.2) is 0 Å². The van der Waals surface area contributed by atoms with Gasteiger partial charge < -0.3 is 4.90 Å². The number of rotatable bonds is 5. The fraction of sp³-hybridized carbons (Fsp3) is 0.500. The molecule has 0 aliphatic carbocycles. The zero-order chi connectivity index (χ0) is 13.8. The molecule has 1 aliphatic rings. The second-order valence-electron chi connectivity index (χ2n) is 4.91. The van der Waals surface area contributed by atoms with Crippen molar-refractivity contribution in [2.24, 2.45) is 0 Å². The topological polar surface area (TPSA) is 49.4 Å². The van der Waals surface area contributed by atoms with Gasteiger partial charge in [-0.3, -0.25) is 14.3 Å². The highest BCUT2D eigenvalue weighted by Crippen LogP contribution is 2.20. The Bertz CT molecular complexity index is 464. The smallest absolute Gasteiger partial charge is 0.245 e. The highest BCUT2D eigenvalue weighted by Gasteiger charge is 2.31. The van der Waals surface area contributed by atoms with Crippen LogP contribution in [-0.2, 0) is 15.6 Å². The summed E-state index contributed by atoms with van der Waals surface area (Å²) in [4.78, 5) is 14.1. The minimum absolute atomic E-state index is 0.111. The van der Waals surface area contributed by atoms with Crippen molar-refractivity contribution >= 4 is 16.7 Å². The number of carbonyl (C=O) groups is 1. The Hall–Kier alpha value is -1.20. The molecule has 0 spiro atoms. The molecule has 19 heavy (non-hydrogen) atoms. The fourth-order valence-electron chi connectivity index (χ4n) is 2.15. The summed E-state index contributed by atoms with van der Waals surface area (Å²) in [5.41, 5.74) is 1.00. The van der Waals surface area contributed by atoms with Crippen LogP contribution in [-0.4, -0.2) is 39.7 Å². The minimum atomic E-state index is -0.825.